The largest absolute Gasteiger partial charge is 0.508 e. The van der Waals surface area contributed by atoms with Crippen molar-refractivity contribution in [3.05, 3.63) is 35.4 Å². The molecule has 6 atom stereocenters. The molecule has 4 rings (SSSR count). The second-order valence-corrected chi connectivity index (χ2v) is 7.46. The summed E-state index contributed by atoms with van der Waals surface area (Å²) >= 11 is 0. The average molecular weight is 452 g/mol. The first-order valence-electron chi connectivity index (χ1n) is 9.41. The monoisotopic (exact) mass is 452 g/mol. The van der Waals surface area contributed by atoms with Gasteiger partial charge in [0, 0.05) is 17.7 Å². The van der Waals surface area contributed by atoms with E-state index in [0.717, 1.165) is 24.3 Å². The minimum absolute atomic E-state index is 0.0458. The lowest BCUT2D eigenvalue weighted by Crippen LogP contribution is -2.56. The summed E-state index contributed by atoms with van der Waals surface area (Å²) in [5.74, 6) is -4.39. The molecule has 1 fully saturated rings. The van der Waals surface area contributed by atoms with Crippen molar-refractivity contribution in [2.75, 3.05) is 6.61 Å². The Bertz CT molecular complexity index is 1030. The third kappa shape index (κ3) is 3.63. The van der Waals surface area contributed by atoms with Gasteiger partial charge < -0.3 is 55.1 Å². The fourth-order valence-electron chi connectivity index (χ4n) is 3.61. The predicted molar refractivity (Wildman–Crippen MR) is 102 cm³/mol. The van der Waals surface area contributed by atoms with Crippen LogP contribution in [0.15, 0.2) is 24.3 Å². The molecule has 12 heteroatoms. The highest BCUT2D eigenvalue weighted by atomic mass is 16.7. The third-order valence-corrected chi connectivity index (χ3v) is 5.26. The van der Waals surface area contributed by atoms with Crippen molar-refractivity contribution in [1.82, 2.24) is 0 Å². The van der Waals surface area contributed by atoms with Crippen LogP contribution < -0.4 is 4.74 Å². The van der Waals surface area contributed by atoms with Gasteiger partial charge in [-0.2, -0.15) is 0 Å². The van der Waals surface area contributed by atoms with E-state index in [1.807, 2.05) is 0 Å². The fraction of sp³-hybridized carbons (Fsp3) is 0.350. The minimum Gasteiger partial charge on any atom is -0.508 e. The number of hydrogen-bond acceptors (Lipinski definition) is 12. The maximum Gasteiger partial charge on any atom is 0.203 e. The number of ketones is 1. The van der Waals surface area contributed by atoms with E-state index in [1.54, 1.807) is 0 Å². The van der Waals surface area contributed by atoms with Gasteiger partial charge in [0.05, 0.1) is 6.61 Å². The molecule has 0 bridgehead atoms. The Morgan fingerprint density at radius 1 is 0.875 bits per heavy atom. The van der Waals surface area contributed by atoms with Crippen molar-refractivity contribution in [2.45, 2.75) is 36.8 Å². The summed E-state index contributed by atoms with van der Waals surface area (Å²) in [5.41, 5.74) is -0.391. The zero-order valence-corrected chi connectivity index (χ0v) is 16.2. The molecule has 2 aliphatic rings. The van der Waals surface area contributed by atoms with Gasteiger partial charge in [0.25, 0.3) is 0 Å². The quantitative estimate of drug-likeness (QED) is 0.274. The molecule has 0 unspecified atom stereocenters. The number of aromatic hydroxyl groups is 5. The molecule has 2 aromatic carbocycles. The molecule has 0 saturated carbocycles. The highest BCUT2D eigenvalue weighted by Crippen LogP contribution is 2.46. The van der Waals surface area contributed by atoms with E-state index in [-0.39, 0.29) is 16.9 Å². The number of carbonyl (C=O) groups is 1. The number of ether oxygens (including phenoxy) is 3. The minimum atomic E-state index is -1.75. The summed E-state index contributed by atoms with van der Waals surface area (Å²) in [7, 11) is 0. The van der Waals surface area contributed by atoms with Crippen molar-refractivity contribution < 1.29 is 59.9 Å². The molecule has 1 saturated heterocycles. The SMILES string of the molecule is O=C1c2c(O)cc(O)cc2O[C@@H](c2cc(O)c(O)c(O)c2)[C@H]1O[C@@H]1OC[C@H](O)[C@H](O)[C@H]1O. The number of rotatable bonds is 3. The van der Waals surface area contributed by atoms with E-state index >= 15 is 0 Å². The highest BCUT2D eigenvalue weighted by Gasteiger charge is 2.46. The molecule has 2 aliphatic heterocycles. The smallest absolute Gasteiger partial charge is 0.203 e. The normalized spacial score (nSPS) is 29.9. The fourth-order valence-corrected chi connectivity index (χ4v) is 3.61. The Labute approximate surface area is 179 Å². The summed E-state index contributed by atoms with van der Waals surface area (Å²) in [6, 6.07) is 3.95. The number of phenols is 5. The van der Waals surface area contributed by atoms with Crippen LogP contribution in [-0.2, 0) is 9.47 Å². The van der Waals surface area contributed by atoms with E-state index in [1.165, 1.54) is 0 Å². The molecule has 0 aromatic heterocycles. The first-order valence-corrected chi connectivity index (χ1v) is 9.41. The standard InChI is InChI=1S/C20H20O12/c21-7-3-8(22)13-12(4-7)31-18(6-1-9(23)14(26)10(24)2-6)19(16(13)28)32-20-17(29)15(27)11(25)5-30-20/h1-4,11,15,17-27,29H,5H2/t11-,15-,17+,18-,19-,20-/m0/s1. The van der Waals surface area contributed by atoms with Gasteiger partial charge in [-0.3, -0.25) is 4.79 Å². The maximum atomic E-state index is 13.2. The van der Waals surface area contributed by atoms with Crippen LogP contribution >= 0.6 is 0 Å². The second-order valence-electron chi connectivity index (χ2n) is 7.46. The third-order valence-electron chi connectivity index (χ3n) is 5.26. The van der Waals surface area contributed by atoms with Crippen LogP contribution in [0.3, 0.4) is 0 Å². The van der Waals surface area contributed by atoms with E-state index < -0.39 is 77.9 Å². The first-order chi connectivity index (χ1) is 15.1. The van der Waals surface area contributed by atoms with Crippen LogP contribution in [-0.4, -0.2) is 83.9 Å². The zero-order chi connectivity index (χ0) is 23.3. The maximum absolute atomic E-state index is 13.2. The molecule has 0 amide bonds. The van der Waals surface area contributed by atoms with Crippen molar-refractivity contribution in [2.24, 2.45) is 0 Å². The Morgan fingerprint density at radius 2 is 1.53 bits per heavy atom. The predicted octanol–water partition coefficient (Wildman–Crippen LogP) is -0.645. The van der Waals surface area contributed by atoms with E-state index in [9.17, 15) is 45.6 Å². The lowest BCUT2D eigenvalue weighted by Gasteiger charge is -2.39. The van der Waals surface area contributed by atoms with Gasteiger partial charge >= 0.3 is 0 Å². The molecule has 0 aliphatic carbocycles. The van der Waals surface area contributed by atoms with Crippen molar-refractivity contribution in [3.63, 3.8) is 0 Å². The molecule has 12 nitrogen and oxygen atoms in total. The van der Waals surface area contributed by atoms with E-state index in [2.05, 4.69) is 0 Å². The molecule has 8 N–H and O–H groups in total. The summed E-state index contributed by atoms with van der Waals surface area (Å²) in [6.07, 6.45) is -9.43. The van der Waals surface area contributed by atoms with E-state index in [0.29, 0.717) is 0 Å². The molecule has 0 radical (unpaired) electrons. The van der Waals surface area contributed by atoms with Gasteiger partial charge in [-0.15, -0.1) is 0 Å². The van der Waals surface area contributed by atoms with Crippen LogP contribution in [0.1, 0.15) is 22.0 Å². The molecule has 0 spiro atoms. The lowest BCUT2D eigenvalue weighted by atomic mass is 9.92. The van der Waals surface area contributed by atoms with Crippen LogP contribution in [0.4, 0.5) is 0 Å². The second kappa shape index (κ2) is 8.00. The number of aliphatic hydroxyl groups excluding tert-OH is 3. The number of Topliss-reactive ketones (excluding diaryl/α,β-unsaturated/α-hetero) is 1. The number of benzene rings is 2. The summed E-state index contributed by atoms with van der Waals surface area (Å²) in [4.78, 5) is 13.2. The Morgan fingerprint density at radius 3 is 2.19 bits per heavy atom. The zero-order valence-electron chi connectivity index (χ0n) is 16.2. The summed E-state index contributed by atoms with van der Waals surface area (Å²) in [6.45, 7) is -0.411. The molecule has 32 heavy (non-hydrogen) atoms. The Hall–Kier alpha value is -3.29. The number of phenolic OH excluding ortho intramolecular Hbond substituents is 5. The Balaban J connectivity index is 1.77. The van der Waals surface area contributed by atoms with Crippen LogP contribution in [0.2, 0.25) is 0 Å². The molecule has 2 aromatic rings. The highest BCUT2D eigenvalue weighted by molar-refractivity contribution is 6.05. The van der Waals surface area contributed by atoms with Gasteiger partial charge in [-0.25, -0.2) is 0 Å². The number of hydrogen-bond donors (Lipinski definition) is 8. The molecular formula is C20H20O12. The molecular weight excluding hydrogens is 432 g/mol. The van der Waals surface area contributed by atoms with Crippen molar-refractivity contribution in [3.8, 4) is 34.5 Å². The topological polar surface area (TPSA) is 207 Å². The van der Waals surface area contributed by atoms with Crippen LogP contribution in [0.5, 0.6) is 34.5 Å². The summed E-state index contributed by atoms with van der Waals surface area (Å²) < 4.78 is 16.5. The first kappa shape index (κ1) is 21.9. The lowest BCUT2D eigenvalue weighted by molar-refractivity contribution is -0.283. The average Bonchev–Trinajstić information content (AvgIpc) is 2.72. The van der Waals surface area contributed by atoms with Gasteiger partial charge in [-0.1, -0.05) is 0 Å². The summed E-state index contributed by atoms with van der Waals surface area (Å²) in [5, 5.41) is 79.0. The number of carbonyl (C=O) groups excluding carboxylic acids is 1. The van der Waals surface area contributed by atoms with Crippen LogP contribution in [0.25, 0.3) is 0 Å². The van der Waals surface area contributed by atoms with Crippen molar-refractivity contribution in [1.29, 1.82) is 0 Å². The van der Waals surface area contributed by atoms with Gasteiger partial charge in [0.1, 0.15) is 41.1 Å². The van der Waals surface area contributed by atoms with Crippen LogP contribution in [0, 0.1) is 0 Å². The van der Waals surface area contributed by atoms with Gasteiger partial charge in [-0.05, 0) is 12.1 Å². The Kier molecular flexibility index (Phi) is 5.48. The molecule has 172 valence electrons. The molecule has 2 heterocycles. The van der Waals surface area contributed by atoms with Gasteiger partial charge in [0.15, 0.2) is 35.7 Å². The number of fused-ring (bicyclic) bond motifs is 1. The van der Waals surface area contributed by atoms with E-state index in [4.69, 9.17) is 14.2 Å². The number of aliphatic hydroxyl groups is 3. The van der Waals surface area contributed by atoms with Gasteiger partial charge in [0.2, 0.25) is 5.78 Å². The van der Waals surface area contributed by atoms with Crippen molar-refractivity contribution >= 4 is 5.78 Å².